The molecule has 1 saturated carbocycles. The monoisotopic (exact) mass is 323 g/mol. The molecule has 1 aromatic carbocycles. The summed E-state index contributed by atoms with van der Waals surface area (Å²) in [5.74, 6) is 0.193. The van der Waals surface area contributed by atoms with Gasteiger partial charge in [-0.1, -0.05) is 15.9 Å². The lowest BCUT2D eigenvalue weighted by molar-refractivity contribution is -0.137. The molecule has 1 aliphatic carbocycles. The third-order valence-electron chi connectivity index (χ3n) is 3.34. The predicted molar refractivity (Wildman–Crippen MR) is 65.4 cm³/mol. The third-order valence-corrected chi connectivity index (χ3v) is 3.97. The van der Waals surface area contributed by atoms with Crippen molar-refractivity contribution < 1.29 is 17.9 Å². The summed E-state index contributed by atoms with van der Waals surface area (Å²) in [5, 5.41) is 0. The first-order chi connectivity index (χ1) is 8.28. The summed E-state index contributed by atoms with van der Waals surface area (Å²) < 4.78 is 43.5. The summed E-state index contributed by atoms with van der Waals surface area (Å²) in [5.41, 5.74) is 5.49. The second kappa shape index (κ2) is 4.42. The molecule has 6 heteroatoms. The molecular weight excluding hydrogens is 311 g/mol. The molecule has 0 amide bonds. The van der Waals surface area contributed by atoms with Gasteiger partial charge in [-0.25, -0.2) is 0 Å². The van der Waals surface area contributed by atoms with Crippen molar-refractivity contribution in [1.82, 2.24) is 0 Å². The molecular formula is C12H13BrF3NO. The molecule has 0 spiro atoms. The molecule has 1 aliphatic rings. The number of hydrogen-bond acceptors (Lipinski definition) is 2. The van der Waals surface area contributed by atoms with Crippen LogP contribution in [0.4, 0.5) is 13.2 Å². The van der Waals surface area contributed by atoms with Crippen molar-refractivity contribution in [3.8, 4) is 5.75 Å². The van der Waals surface area contributed by atoms with Crippen LogP contribution in [0.2, 0.25) is 0 Å². The van der Waals surface area contributed by atoms with Crippen molar-refractivity contribution in [2.75, 3.05) is 7.11 Å². The smallest absolute Gasteiger partial charge is 0.416 e. The first-order valence-corrected chi connectivity index (χ1v) is 6.31. The van der Waals surface area contributed by atoms with Crippen molar-refractivity contribution in [3.63, 3.8) is 0 Å². The maximum atomic E-state index is 12.7. The molecule has 0 unspecified atom stereocenters. The van der Waals surface area contributed by atoms with E-state index >= 15 is 0 Å². The second-order valence-electron chi connectivity index (χ2n) is 4.54. The average Bonchev–Trinajstić information content (AvgIpc) is 2.23. The largest absolute Gasteiger partial charge is 0.496 e. The summed E-state index contributed by atoms with van der Waals surface area (Å²) >= 11 is 3.18. The Labute approximate surface area is 111 Å². The third kappa shape index (κ3) is 2.23. The molecule has 0 aromatic heterocycles. The zero-order chi connectivity index (χ0) is 13.6. The average molecular weight is 324 g/mol. The van der Waals surface area contributed by atoms with Crippen molar-refractivity contribution in [1.29, 1.82) is 0 Å². The van der Waals surface area contributed by atoms with Crippen LogP contribution in [-0.4, -0.2) is 7.11 Å². The van der Waals surface area contributed by atoms with E-state index in [9.17, 15) is 13.2 Å². The van der Waals surface area contributed by atoms with E-state index in [2.05, 4.69) is 15.9 Å². The molecule has 100 valence electrons. The fourth-order valence-corrected chi connectivity index (χ4v) is 3.03. The van der Waals surface area contributed by atoms with E-state index in [1.165, 1.54) is 7.11 Å². The lowest BCUT2D eigenvalue weighted by atomic mass is 9.72. The normalized spacial score (nSPS) is 18.3. The highest BCUT2D eigenvalue weighted by molar-refractivity contribution is 9.10. The molecule has 1 aromatic rings. The van der Waals surface area contributed by atoms with E-state index in [1.807, 2.05) is 0 Å². The molecule has 0 heterocycles. The SMILES string of the molecule is COc1cc(C(F)(F)F)cc(Br)c1C1(N)CCC1. The van der Waals surface area contributed by atoms with Crippen LogP contribution in [0.15, 0.2) is 16.6 Å². The lowest BCUT2D eigenvalue weighted by Gasteiger charge is -2.40. The maximum Gasteiger partial charge on any atom is 0.416 e. The molecule has 0 atom stereocenters. The zero-order valence-electron chi connectivity index (χ0n) is 9.77. The Morgan fingerprint density at radius 2 is 1.94 bits per heavy atom. The lowest BCUT2D eigenvalue weighted by Crippen LogP contribution is -2.44. The molecule has 1 fully saturated rings. The van der Waals surface area contributed by atoms with Crippen LogP contribution in [0.25, 0.3) is 0 Å². The molecule has 0 aliphatic heterocycles. The van der Waals surface area contributed by atoms with Crippen LogP contribution in [0, 0.1) is 0 Å². The van der Waals surface area contributed by atoms with Gasteiger partial charge in [0.05, 0.1) is 12.7 Å². The Morgan fingerprint density at radius 3 is 2.33 bits per heavy atom. The van der Waals surface area contributed by atoms with Gasteiger partial charge in [-0.3, -0.25) is 0 Å². The van der Waals surface area contributed by atoms with E-state index in [4.69, 9.17) is 10.5 Å². The first-order valence-electron chi connectivity index (χ1n) is 5.52. The summed E-state index contributed by atoms with van der Waals surface area (Å²) in [6, 6.07) is 2.07. The van der Waals surface area contributed by atoms with Crippen molar-refractivity contribution in [2.45, 2.75) is 31.0 Å². The molecule has 2 nitrogen and oxygen atoms in total. The number of halogens is 4. The van der Waals surface area contributed by atoms with Gasteiger partial charge in [-0.2, -0.15) is 13.2 Å². The van der Waals surface area contributed by atoms with Gasteiger partial charge in [0.2, 0.25) is 0 Å². The highest BCUT2D eigenvalue weighted by Crippen LogP contribution is 2.48. The van der Waals surface area contributed by atoms with Gasteiger partial charge in [-0.15, -0.1) is 0 Å². The number of benzene rings is 1. The van der Waals surface area contributed by atoms with Crippen LogP contribution in [0.1, 0.15) is 30.4 Å². The van der Waals surface area contributed by atoms with E-state index < -0.39 is 17.3 Å². The Hall–Kier alpha value is -0.750. The van der Waals surface area contributed by atoms with Crippen molar-refractivity contribution in [3.05, 3.63) is 27.7 Å². The first kappa shape index (κ1) is 13.7. The van der Waals surface area contributed by atoms with E-state index in [0.717, 1.165) is 31.4 Å². The molecule has 18 heavy (non-hydrogen) atoms. The summed E-state index contributed by atoms with van der Waals surface area (Å²) in [6.45, 7) is 0. The van der Waals surface area contributed by atoms with Gasteiger partial charge in [0.1, 0.15) is 5.75 Å². The minimum Gasteiger partial charge on any atom is -0.496 e. The molecule has 0 bridgehead atoms. The highest BCUT2D eigenvalue weighted by atomic mass is 79.9. The number of ether oxygens (including phenoxy) is 1. The number of hydrogen-bond donors (Lipinski definition) is 1. The number of alkyl halides is 3. The number of nitrogens with two attached hydrogens (primary N) is 1. The summed E-state index contributed by atoms with van der Waals surface area (Å²) in [7, 11) is 1.35. The molecule has 0 radical (unpaired) electrons. The van der Waals surface area contributed by atoms with Crippen molar-refractivity contribution in [2.24, 2.45) is 5.73 Å². The fourth-order valence-electron chi connectivity index (χ4n) is 2.20. The van der Waals surface area contributed by atoms with Crippen LogP contribution in [0.3, 0.4) is 0 Å². The van der Waals surface area contributed by atoms with Crippen LogP contribution in [-0.2, 0) is 11.7 Å². The van der Waals surface area contributed by atoms with Crippen LogP contribution >= 0.6 is 15.9 Å². The van der Waals surface area contributed by atoms with E-state index in [1.54, 1.807) is 0 Å². The van der Waals surface area contributed by atoms with Gasteiger partial charge in [-0.05, 0) is 31.4 Å². The Kier molecular flexibility index (Phi) is 3.36. The number of rotatable bonds is 2. The predicted octanol–water partition coefficient (Wildman–Crippen LogP) is 3.81. The minimum atomic E-state index is -4.39. The topological polar surface area (TPSA) is 35.2 Å². The Morgan fingerprint density at radius 1 is 1.33 bits per heavy atom. The molecule has 2 N–H and O–H groups in total. The van der Waals surface area contributed by atoms with E-state index in [0.29, 0.717) is 10.0 Å². The Balaban J connectivity index is 2.55. The summed E-state index contributed by atoms with van der Waals surface area (Å²) in [6.07, 6.45) is -1.90. The van der Waals surface area contributed by atoms with E-state index in [-0.39, 0.29) is 5.75 Å². The Bertz CT molecular complexity index is 469. The van der Waals surface area contributed by atoms with Gasteiger partial charge >= 0.3 is 6.18 Å². The van der Waals surface area contributed by atoms with Crippen molar-refractivity contribution >= 4 is 15.9 Å². The van der Waals surface area contributed by atoms with Gasteiger partial charge in [0.15, 0.2) is 0 Å². The van der Waals surface area contributed by atoms with Crippen LogP contribution < -0.4 is 10.5 Å². The fraction of sp³-hybridized carbons (Fsp3) is 0.500. The second-order valence-corrected chi connectivity index (χ2v) is 5.40. The standard InChI is InChI=1S/C12H13BrF3NO/c1-18-9-6-7(12(14,15)16)5-8(13)10(9)11(17)3-2-4-11/h5-6H,2-4,17H2,1H3. The highest BCUT2D eigenvalue weighted by Gasteiger charge is 2.40. The number of methoxy groups -OCH3 is 1. The zero-order valence-corrected chi connectivity index (χ0v) is 11.4. The quantitative estimate of drug-likeness (QED) is 0.898. The van der Waals surface area contributed by atoms with Gasteiger partial charge in [0.25, 0.3) is 0 Å². The minimum absolute atomic E-state index is 0.193. The maximum absolute atomic E-state index is 12.7. The van der Waals surface area contributed by atoms with Gasteiger partial charge < -0.3 is 10.5 Å². The van der Waals surface area contributed by atoms with Crippen LogP contribution in [0.5, 0.6) is 5.75 Å². The molecule has 2 rings (SSSR count). The van der Waals surface area contributed by atoms with Gasteiger partial charge in [0, 0.05) is 15.6 Å². The molecule has 0 saturated heterocycles. The summed E-state index contributed by atoms with van der Waals surface area (Å²) in [4.78, 5) is 0.